The molecule has 0 bridgehead atoms. The van der Waals surface area contributed by atoms with E-state index in [-0.39, 0.29) is 12.0 Å². The minimum absolute atomic E-state index is 0.179. The van der Waals surface area contributed by atoms with Crippen molar-refractivity contribution < 1.29 is 52.3 Å². The second-order valence-electron chi connectivity index (χ2n) is 13.3. The van der Waals surface area contributed by atoms with Crippen LogP contribution in [0.3, 0.4) is 0 Å². The summed E-state index contributed by atoms with van der Waals surface area (Å²) in [5, 5.41) is 10.8. The third-order valence-electron chi connectivity index (χ3n) is 9.90. The number of fused-ring (bicyclic) bond motifs is 1. The molecule has 14 nitrogen and oxygen atoms in total. The maximum absolute atomic E-state index is 12.8. The van der Waals surface area contributed by atoms with E-state index in [1.165, 1.54) is 0 Å². The Morgan fingerprint density at radius 1 is 0.579 bits per heavy atom. The number of carbonyl (C=O) groups excluding carboxylic acids is 1. The third-order valence-corrected chi connectivity index (χ3v) is 9.90. The zero-order valence-corrected chi connectivity index (χ0v) is 33.5. The lowest BCUT2D eigenvalue weighted by Gasteiger charge is -2.28. The number of methoxy groups -OCH3 is 7. The van der Waals surface area contributed by atoms with E-state index in [4.69, 9.17) is 47.5 Å². The maximum Gasteiger partial charge on any atom is 0.255 e. The number of unbranched alkanes of at least 4 members (excludes halogenated alkanes) is 4. The number of nitrogens with one attached hydrogen (secondary N) is 2. The molecule has 0 fully saturated rings. The summed E-state index contributed by atoms with van der Waals surface area (Å²) in [6.45, 7) is 1.04. The van der Waals surface area contributed by atoms with Crippen molar-refractivity contribution in [3.05, 3.63) is 82.9 Å². The van der Waals surface area contributed by atoms with Crippen molar-refractivity contribution in [2.75, 3.05) is 68.3 Å². The van der Waals surface area contributed by atoms with Crippen molar-refractivity contribution in [2.45, 2.75) is 50.8 Å². The smallest absolute Gasteiger partial charge is 0.255 e. The largest absolute Gasteiger partial charge is 0.497 e. The topological polar surface area (TPSA) is 146 Å². The van der Waals surface area contributed by atoms with Crippen molar-refractivity contribution in [1.82, 2.24) is 5.32 Å². The molecule has 57 heavy (non-hydrogen) atoms. The van der Waals surface area contributed by atoms with E-state index in [1.807, 2.05) is 54.6 Å². The normalized spacial score (nSPS) is 15.6. The lowest BCUT2D eigenvalue weighted by atomic mass is 9.98. The number of anilines is 1. The average Bonchev–Trinajstić information content (AvgIpc) is 3.75. The van der Waals surface area contributed by atoms with Gasteiger partial charge >= 0.3 is 0 Å². The van der Waals surface area contributed by atoms with Gasteiger partial charge in [0.1, 0.15) is 11.9 Å². The molecule has 304 valence electrons. The second kappa shape index (κ2) is 19.1. The first-order valence-corrected chi connectivity index (χ1v) is 18.8. The first-order chi connectivity index (χ1) is 27.8. The quantitative estimate of drug-likeness (QED) is 0.0841. The molecule has 0 radical (unpaired) electrons. The van der Waals surface area contributed by atoms with Gasteiger partial charge in [-0.2, -0.15) is 0 Å². The fourth-order valence-electron chi connectivity index (χ4n) is 6.88. The fraction of sp³-hybridized carbons (Fsp3) is 0.395. The molecule has 0 saturated heterocycles. The molecule has 1 amide bonds. The number of ether oxygens (including phenoxy) is 9. The van der Waals surface area contributed by atoms with Crippen LogP contribution in [-0.4, -0.2) is 74.6 Å². The van der Waals surface area contributed by atoms with Gasteiger partial charge in [-0.15, -0.1) is 0 Å². The number of benzene rings is 4. The molecule has 14 heteroatoms. The third kappa shape index (κ3) is 9.11. The van der Waals surface area contributed by atoms with Gasteiger partial charge in [0.2, 0.25) is 11.5 Å². The van der Waals surface area contributed by atoms with Crippen LogP contribution in [0.1, 0.15) is 77.8 Å². The summed E-state index contributed by atoms with van der Waals surface area (Å²) < 4.78 is 51.3. The molecule has 4 aromatic carbocycles. The molecule has 2 N–H and O–H groups in total. The van der Waals surface area contributed by atoms with Gasteiger partial charge in [-0.25, -0.2) is 0 Å². The number of rotatable bonds is 20. The molecule has 0 aliphatic carbocycles. The van der Waals surface area contributed by atoms with E-state index >= 15 is 0 Å². The van der Waals surface area contributed by atoms with Crippen molar-refractivity contribution in [3.63, 3.8) is 0 Å². The van der Waals surface area contributed by atoms with Crippen molar-refractivity contribution >= 4 is 17.3 Å². The molecular weight excluding hydrogens is 734 g/mol. The number of carbonyl (C=O) groups is 1. The number of hydrogen-bond acceptors (Lipinski definition) is 13. The molecule has 0 saturated carbocycles. The molecule has 2 aliphatic rings. The van der Waals surface area contributed by atoms with E-state index in [9.17, 15) is 4.79 Å². The summed E-state index contributed by atoms with van der Waals surface area (Å²) in [5.41, 5.74) is 4.44. The van der Waals surface area contributed by atoms with E-state index in [0.717, 1.165) is 60.2 Å². The predicted molar refractivity (Wildman–Crippen MR) is 215 cm³/mol. The van der Waals surface area contributed by atoms with Gasteiger partial charge in [-0.05, 0) is 73.0 Å². The van der Waals surface area contributed by atoms with Gasteiger partial charge in [0.05, 0.1) is 74.3 Å². The van der Waals surface area contributed by atoms with Gasteiger partial charge in [0, 0.05) is 23.2 Å². The first-order valence-electron chi connectivity index (χ1n) is 18.8. The molecule has 0 aromatic heterocycles. The molecule has 2 unspecified atom stereocenters. The zero-order valence-electron chi connectivity index (χ0n) is 33.5. The summed E-state index contributed by atoms with van der Waals surface area (Å²) in [6.07, 6.45) is 4.45. The number of amides is 1. The van der Waals surface area contributed by atoms with Gasteiger partial charge in [-0.3, -0.25) is 4.79 Å². The Morgan fingerprint density at radius 3 is 1.89 bits per heavy atom. The van der Waals surface area contributed by atoms with Crippen LogP contribution >= 0.6 is 0 Å². The minimum atomic E-state index is -0.415. The standard InChI is InChI=1S/C43H51N3O11/c1-48-28-14-16-31-30(24-28)43(47)45-42(44-31)26-13-17-33(36(21-26)50-3)55-19-11-9-8-10-12-20-56-41-34(49-2)18-15-29(39(41)53-6)32-25-35(57-46-32)27-22-37(51-4)40(54-7)38(23-27)52-5/h13-18,21-24,35,42,44H,8-12,19-20,25H2,1-7H3,(H,45,47). The molecular formula is C43H51N3O11. The first kappa shape index (κ1) is 40.5. The maximum atomic E-state index is 12.8. The van der Waals surface area contributed by atoms with Gasteiger partial charge in [0.25, 0.3) is 5.91 Å². The number of hydrogen-bond donors (Lipinski definition) is 2. The van der Waals surface area contributed by atoms with Crippen LogP contribution in [0, 0.1) is 0 Å². The highest BCUT2D eigenvalue weighted by molar-refractivity contribution is 6.04. The Hall–Kier alpha value is -6.18. The van der Waals surface area contributed by atoms with Crippen LogP contribution < -0.4 is 53.3 Å². The Bertz CT molecular complexity index is 2030. The van der Waals surface area contributed by atoms with Crippen LogP contribution in [0.2, 0.25) is 0 Å². The van der Waals surface area contributed by atoms with Crippen molar-refractivity contribution in [1.29, 1.82) is 0 Å². The monoisotopic (exact) mass is 785 g/mol. The minimum Gasteiger partial charge on any atom is -0.497 e. The highest BCUT2D eigenvalue weighted by atomic mass is 16.6. The molecule has 6 rings (SSSR count). The number of oxime groups is 1. The van der Waals surface area contributed by atoms with E-state index in [0.29, 0.717) is 76.9 Å². The Balaban J connectivity index is 0.960. The van der Waals surface area contributed by atoms with Gasteiger partial charge in [0.15, 0.2) is 40.6 Å². The Morgan fingerprint density at radius 2 is 1.23 bits per heavy atom. The molecule has 0 spiro atoms. The lowest BCUT2D eigenvalue weighted by molar-refractivity contribution is 0.0853. The van der Waals surface area contributed by atoms with Crippen LogP contribution in [0.25, 0.3) is 0 Å². The van der Waals surface area contributed by atoms with Gasteiger partial charge in [-0.1, -0.05) is 30.5 Å². The summed E-state index contributed by atoms with van der Waals surface area (Å²) in [6, 6.07) is 18.5. The summed E-state index contributed by atoms with van der Waals surface area (Å²) in [7, 11) is 11.1. The summed E-state index contributed by atoms with van der Waals surface area (Å²) >= 11 is 0. The van der Waals surface area contributed by atoms with Crippen molar-refractivity contribution in [3.8, 4) is 51.7 Å². The van der Waals surface area contributed by atoms with Crippen LogP contribution in [0.4, 0.5) is 5.69 Å². The molecule has 2 heterocycles. The van der Waals surface area contributed by atoms with E-state index < -0.39 is 6.17 Å². The highest BCUT2D eigenvalue weighted by Gasteiger charge is 2.30. The van der Waals surface area contributed by atoms with Crippen LogP contribution in [0.5, 0.6) is 51.7 Å². The zero-order chi connectivity index (χ0) is 40.3. The average molecular weight is 786 g/mol. The number of nitrogens with zero attached hydrogens (tertiary/aromatic N) is 1. The van der Waals surface area contributed by atoms with Gasteiger partial charge < -0.3 is 58.1 Å². The molecule has 4 aromatic rings. The van der Waals surface area contributed by atoms with Crippen LogP contribution in [-0.2, 0) is 4.84 Å². The Kier molecular flexibility index (Phi) is 13.6. The SMILES string of the molecule is COc1ccc2c(c1)C(=O)NC(c1ccc(OCCCCCCCOc3c(OC)ccc(C4=NOC(c5cc(OC)c(OC)c(OC)c5)C4)c3OC)c(OC)c1)N2. The fourth-order valence-corrected chi connectivity index (χ4v) is 6.88. The lowest BCUT2D eigenvalue weighted by Crippen LogP contribution is -2.38. The summed E-state index contributed by atoms with van der Waals surface area (Å²) in [4.78, 5) is 18.7. The van der Waals surface area contributed by atoms with Crippen molar-refractivity contribution in [2.24, 2.45) is 5.16 Å². The second-order valence-corrected chi connectivity index (χ2v) is 13.3. The summed E-state index contributed by atoms with van der Waals surface area (Å²) in [5.74, 6) is 4.92. The molecule has 2 atom stereocenters. The molecule has 2 aliphatic heterocycles. The Labute approximate surface area is 333 Å². The van der Waals surface area contributed by atoms with E-state index in [1.54, 1.807) is 55.8 Å². The van der Waals surface area contributed by atoms with E-state index in [2.05, 4.69) is 15.8 Å². The predicted octanol–water partition coefficient (Wildman–Crippen LogP) is 7.87. The highest BCUT2D eigenvalue weighted by Crippen LogP contribution is 2.45. The van der Waals surface area contributed by atoms with Crippen LogP contribution in [0.15, 0.2) is 65.8 Å².